The number of rotatable bonds is 5. The molecule has 0 radical (unpaired) electrons. The Hall–Kier alpha value is -0.640. The van der Waals surface area contributed by atoms with Crippen LogP contribution in [0.2, 0.25) is 5.02 Å². The molecule has 1 heterocycles. The van der Waals surface area contributed by atoms with Crippen molar-refractivity contribution in [1.29, 1.82) is 0 Å². The van der Waals surface area contributed by atoms with Gasteiger partial charge in [-0.1, -0.05) is 17.7 Å². The molecule has 116 valence electrons. The molecule has 21 heavy (non-hydrogen) atoms. The first-order valence-electron chi connectivity index (χ1n) is 8.06. The number of piperidine rings is 1. The summed E-state index contributed by atoms with van der Waals surface area (Å²) in [5, 5.41) is 3.98. The molecule has 1 N–H and O–H groups in total. The Morgan fingerprint density at radius 1 is 1.29 bits per heavy atom. The van der Waals surface area contributed by atoms with Gasteiger partial charge >= 0.3 is 0 Å². The molecule has 1 atom stereocenters. The Balaban J connectivity index is 1.73. The van der Waals surface area contributed by atoms with Gasteiger partial charge < -0.3 is 5.32 Å². The van der Waals surface area contributed by atoms with Crippen molar-refractivity contribution in [2.45, 2.75) is 44.7 Å². The minimum absolute atomic E-state index is 0.257. The van der Waals surface area contributed by atoms with Gasteiger partial charge in [-0.15, -0.1) is 0 Å². The normalized spacial score (nSPS) is 21.7. The van der Waals surface area contributed by atoms with Crippen LogP contribution in [0.4, 0.5) is 4.39 Å². The number of hydrogen-bond acceptors (Lipinski definition) is 2. The molecule has 1 saturated carbocycles. The highest BCUT2D eigenvalue weighted by Crippen LogP contribution is 2.37. The van der Waals surface area contributed by atoms with Crippen molar-refractivity contribution in [2.75, 3.05) is 19.6 Å². The predicted molar refractivity (Wildman–Crippen MR) is 85.1 cm³/mol. The van der Waals surface area contributed by atoms with E-state index in [2.05, 4.69) is 17.1 Å². The fourth-order valence-corrected chi connectivity index (χ4v) is 3.74. The number of nitrogens with one attached hydrogen (secondary N) is 1. The zero-order valence-corrected chi connectivity index (χ0v) is 13.4. The second-order valence-electron chi connectivity index (χ2n) is 6.46. The summed E-state index contributed by atoms with van der Waals surface area (Å²) in [5.74, 6) is 0.515. The van der Waals surface area contributed by atoms with E-state index >= 15 is 0 Å². The molecule has 0 spiro atoms. The topological polar surface area (TPSA) is 15.3 Å². The molecule has 2 aliphatic rings. The van der Waals surface area contributed by atoms with Crippen LogP contribution in [-0.4, -0.2) is 30.6 Å². The maximum absolute atomic E-state index is 13.3. The summed E-state index contributed by atoms with van der Waals surface area (Å²) in [6.07, 6.45) is 5.09. The van der Waals surface area contributed by atoms with Crippen LogP contribution in [0.25, 0.3) is 0 Å². The van der Waals surface area contributed by atoms with E-state index in [1.165, 1.54) is 37.8 Å². The average molecular weight is 311 g/mol. The zero-order valence-electron chi connectivity index (χ0n) is 12.6. The van der Waals surface area contributed by atoms with E-state index in [9.17, 15) is 4.39 Å². The van der Waals surface area contributed by atoms with Gasteiger partial charge in [-0.3, -0.25) is 4.90 Å². The molecule has 1 aromatic rings. The average Bonchev–Trinajstić information content (AvgIpc) is 3.30. The van der Waals surface area contributed by atoms with Gasteiger partial charge in [0.1, 0.15) is 5.82 Å². The van der Waals surface area contributed by atoms with Gasteiger partial charge in [0.2, 0.25) is 0 Å². The molecule has 1 unspecified atom stereocenters. The quantitative estimate of drug-likeness (QED) is 0.884. The van der Waals surface area contributed by atoms with Crippen LogP contribution in [0, 0.1) is 11.7 Å². The van der Waals surface area contributed by atoms with Gasteiger partial charge in [0.25, 0.3) is 0 Å². The Labute approximate surface area is 131 Å². The number of nitrogens with zero attached hydrogens (tertiary/aromatic N) is 1. The first kappa shape index (κ1) is 15.3. The van der Waals surface area contributed by atoms with Crippen molar-refractivity contribution in [3.63, 3.8) is 0 Å². The van der Waals surface area contributed by atoms with E-state index in [1.807, 2.05) is 6.07 Å². The van der Waals surface area contributed by atoms with Crippen LogP contribution >= 0.6 is 11.6 Å². The van der Waals surface area contributed by atoms with Crippen molar-refractivity contribution < 1.29 is 4.39 Å². The standard InChI is InChI=1S/C17H24ClFN2/c1-12(16-5-2-14(19)10-17(16)18)21(15-3-4-15)11-13-6-8-20-9-7-13/h2,5,10,12-13,15,20H,3-4,6-9,11H2,1H3. The largest absolute Gasteiger partial charge is 0.317 e. The Morgan fingerprint density at radius 3 is 2.62 bits per heavy atom. The fourth-order valence-electron chi connectivity index (χ4n) is 3.41. The smallest absolute Gasteiger partial charge is 0.124 e. The van der Waals surface area contributed by atoms with Crippen molar-refractivity contribution in [3.8, 4) is 0 Å². The monoisotopic (exact) mass is 310 g/mol. The lowest BCUT2D eigenvalue weighted by atomic mass is 9.96. The summed E-state index contributed by atoms with van der Waals surface area (Å²) in [5.41, 5.74) is 1.05. The molecule has 1 aliphatic heterocycles. The molecular formula is C17H24ClFN2. The van der Waals surface area contributed by atoms with E-state index in [-0.39, 0.29) is 11.9 Å². The summed E-state index contributed by atoms with van der Waals surface area (Å²) >= 11 is 6.26. The van der Waals surface area contributed by atoms with Gasteiger partial charge in [0, 0.05) is 23.7 Å². The molecule has 1 aromatic carbocycles. The Bertz CT molecular complexity index is 484. The summed E-state index contributed by atoms with van der Waals surface area (Å²) in [4.78, 5) is 2.59. The van der Waals surface area contributed by atoms with Crippen LogP contribution in [-0.2, 0) is 0 Å². The van der Waals surface area contributed by atoms with Crippen molar-refractivity contribution in [2.24, 2.45) is 5.92 Å². The highest BCUT2D eigenvalue weighted by Gasteiger charge is 2.34. The molecule has 2 nitrogen and oxygen atoms in total. The molecule has 1 aliphatic carbocycles. The second-order valence-corrected chi connectivity index (χ2v) is 6.87. The predicted octanol–water partition coefficient (Wildman–Crippen LogP) is 4.00. The summed E-state index contributed by atoms with van der Waals surface area (Å²) in [6, 6.07) is 5.76. The number of halogens is 2. The molecule has 0 amide bonds. The summed E-state index contributed by atoms with van der Waals surface area (Å²) in [7, 11) is 0. The van der Waals surface area contributed by atoms with Gasteiger partial charge in [-0.05, 0) is 69.3 Å². The fraction of sp³-hybridized carbons (Fsp3) is 0.647. The SMILES string of the molecule is CC(c1ccc(F)cc1Cl)N(CC1CCNCC1)C1CC1. The van der Waals surface area contributed by atoms with E-state index in [1.54, 1.807) is 0 Å². The van der Waals surface area contributed by atoms with Crippen molar-refractivity contribution in [1.82, 2.24) is 10.2 Å². The maximum atomic E-state index is 13.3. The molecule has 0 aromatic heterocycles. The Kier molecular flexibility index (Phi) is 4.82. The van der Waals surface area contributed by atoms with Crippen molar-refractivity contribution in [3.05, 3.63) is 34.6 Å². The Morgan fingerprint density at radius 2 is 2.00 bits per heavy atom. The van der Waals surface area contributed by atoms with Gasteiger partial charge in [-0.25, -0.2) is 4.39 Å². The first-order valence-corrected chi connectivity index (χ1v) is 8.44. The van der Waals surface area contributed by atoms with Crippen LogP contribution < -0.4 is 5.32 Å². The van der Waals surface area contributed by atoms with Crippen LogP contribution in [0.15, 0.2) is 18.2 Å². The molecule has 0 bridgehead atoms. The van der Waals surface area contributed by atoms with E-state index in [0.717, 1.165) is 31.1 Å². The minimum atomic E-state index is -0.257. The van der Waals surface area contributed by atoms with Crippen LogP contribution in [0.3, 0.4) is 0 Å². The highest BCUT2D eigenvalue weighted by atomic mass is 35.5. The van der Waals surface area contributed by atoms with Crippen LogP contribution in [0.5, 0.6) is 0 Å². The van der Waals surface area contributed by atoms with Crippen molar-refractivity contribution >= 4 is 11.6 Å². The van der Waals surface area contributed by atoms with E-state index < -0.39 is 0 Å². The van der Waals surface area contributed by atoms with Gasteiger partial charge in [-0.2, -0.15) is 0 Å². The summed E-state index contributed by atoms with van der Waals surface area (Å²) in [6.45, 7) is 5.61. The lowest BCUT2D eigenvalue weighted by Gasteiger charge is -2.35. The third-order valence-electron chi connectivity index (χ3n) is 4.85. The third kappa shape index (κ3) is 3.77. The zero-order chi connectivity index (χ0) is 14.8. The maximum Gasteiger partial charge on any atom is 0.124 e. The number of benzene rings is 1. The highest BCUT2D eigenvalue weighted by molar-refractivity contribution is 6.31. The van der Waals surface area contributed by atoms with E-state index in [4.69, 9.17) is 11.6 Å². The van der Waals surface area contributed by atoms with Gasteiger partial charge in [0.15, 0.2) is 0 Å². The summed E-state index contributed by atoms with van der Waals surface area (Å²) < 4.78 is 13.3. The molecule has 3 rings (SSSR count). The number of hydrogen-bond donors (Lipinski definition) is 1. The van der Waals surface area contributed by atoms with Gasteiger partial charge in [0.05, 0.1) is 0 Å². The lowest BCUT2D eigenvalue weighted by Crippen LogP contribution is -2.38. The van der Waals surface area contributed by atoms with E-state index in [0.29, 0.717) is 11.1 Å². The molecule has 1 saturated heterocycles. The molecule has 4 heteroatoms. The third-order valence-corrected chi connectivity index (χ3v) is 5.18. The second kappa shape index (κ2) is 6.64. The minimum Gasteiger partial charge on any atom is -0.317 e. The molecule has 2 fully saturated rings. The van der Waals surface area contributed by atoms with Crippen LogP contribution in [0.1, 0.15) is 44.2 Å². The lowest BCUT2D eigenvalue weighted by molar-refractivity contribution is 0.152. The first-order chi connectivity index (χ1) is 10.1. The molecular weight excluding hydrogens is 287 g/mol.